The van der Waals surface area contributed by atoms with Crippen LogP contribution in [0.1, 0.15) is 0 Å². The van der Waals surface area contributed by atoms with E-state index in [0.29, 0.717) is 4.47 Å². The van der Waals surface area contributed by atoms with Crippen molar-refractivity contribution >= 4 is 21.8 Å². The number of hydrogen-bond donors (Lipinski definition) is 2. The van der Waals surface area contributed by atoms with Gasteiger partial charge < -0.3 is 15.6 Å². The van der Waals surface area contributed by atoms with Crippen molar-refractivity contribution < 1.29 is 13.6 Å². The first-order chi connectivity index (χ1) is 8.34. The molecule has 1 heterocycles. The first-order valence-electron chi connectivity index (χ1n) is 5.05. The third-order valence-electron chi connectivity index (χ3n) is 2.10. The van der Waals surface area contributed by atoms with E-state index in [9.17, 15) is 18.4 Å². The zero-order valence-corrected chi connectivity index (χ0v) is 10.9. The minimum Gasteiger partial charge on any atom is -0.348 e. The van der Waals surface area contributed by atoms with Crippen molar-refractivity contribution in [1.29, 1.82) is 0 Å². The summed E-state index contributed by atoms with van der Waals surface area (Å²) in [7, 11) is 0. The van der Waals surface area contributed by atoms with Crippen LogP contribution in [0.3, 0.4) is 0 Å². The predicted octanol–water partition coefficient (Wildman–Crippen LogP) is 0.321. The van der Waals surface area contributed by atoms with Gasteiger partial charge in [-0.3, -0.25) is 9.59 Å². The standard InChI is InChI=1S/C10H12BrF2N3O2/c11-7-1-2-9(18)16(3-7)4-8(17)15-6-10(12,13)5-14/h1-3H,4-6,14H2,(H,15,17). The average Bonchev–Trinajstić information content (AvgIpc) is 2.31. The summed E-state index contributed by atoms with van der Waals surface area (Å²) in [5.41, 5.74) is 4.44. The zero-order chi connectivity index (χ0) is 13.8. The van der Waals surface area contributed by atoms with Crippen molar-refractivity contribution in [2.45, 2.75) is 12.5 Å². The molecule has 5 nitrogen and oxygen atoms in total. The van der Waals surface area contributed by atoms with E-state index in [1.807, 2.05) is 5.32 Å². The fourth-order valence-corrected chi connectivity index (χ4v) is 1.52. The Labute approximate surface area is 110 Å². The molecule has 0 aliphatic rings. The number of pyridine rings is 1. The summed E-state index contributed by atoms with van der Waals surface area (Å²) in [6, 6.07) is 2.80. The maximum absolute atomic E-state index is 12.8. The Morgan fingerprint density at radius 1 is 1.50 bits per heavy atom. The molecule has 0 saturated carbocycles. The van der Waals surface area contributed by atoms with Gasteiger partial charge in [0.1, 0.15) is 6.54 Å². The van der Waals surface area contributed by atoms with Crippen LogP contribution in [0, 0.1) is 0 Å². The smallest absolute Gasteiger partial charge is 0.277 e. The Bertz CT molecular complexity index is 490. The predicted molar refractivity (Wildman–Crippen MR) is 65.4 cm³/mol. The van der Waals surface area contributed by atoms with Gasteiger partial charge in [0, 0.05) is 16.7 Å². The average molecular weight is 324 g/mol. The van der Waals surface area contributed by atoms with Gasteiger partial charge in [0.25, 0.3) is 11.5 Å². The fourth-order valence-electron chi connectivity index (χ4n) is 1.14. The second kappa shape index (κ2) is 6.05. The number of amides is 1. The molecule has 18 heavy (non-hydrogen) atoms. The maximum Gasteiger partial charge on any atom is 0.277 e. The first-order valence-corrected chi connectivity index (χ1v) is 5.84. The molecule has 0 unspecified atom stereocenters. The summed E-state index contributed by atoms with van der Waals surface area (Å²) in [4.78, 5) is 22.7. The summed E-state index contributed by atoms with van der Waals surface area (Å²) < 4.78 is 27.3. The zero-order valence-electron chi connectivity index (χ0n) is 9.33. The lowest BCUT2D eigenvalue weighted by atomic mass is 10.3. The van der Waals surface area contributed by atoms with Crippen molar-refractivity contribution in [3.8, 4) is 0 Å². The molecule has 0 fully saturated rings. The summed E-state index contributed by atoms with van der Waals surface area (Å²) in [5.74, 6) is -3.82. The summed E-state index contributed by atoms with van der Waals surface area (Å²) in [6.07, 6.45) is 1.41. The van der Waals surface area contributed by atoms with Crippen molar-refractivity contribution in [3.05, 3.63) is 33.2 Å². The van der Waals surface area contributed by atoms with Gasteiger partial charge in [-0.2, -0.15) is 0 Å². The lowest BCUT2D eigenvalue weighted by Gasteiger charge is -2.14. The van der Waals surface area contributed by atoms with Crippen LogP contribution in [-0.4, -0.2) is 29.5 Å². The molecule has 0 aromatic carbocycles. The largest absolute Gasteiger partial charge is 0.348 e. The van der Waals surface area contributed by atoms with Crippen molar-refractivity contribution in [1.82, 2.24) is 9.88 Å². The van der Waals surface area contributed by atoms with E-state index < -0.39 is 24.9 Å². The number of nitrogens with one attached hydrogen (secondary N) is 1. The van der Waals surface area contributed by atoms with Crippen LogP contribution in [0.25, 0.3) is 0 Å². The Balaban J connectivity index is 2.60. The van der Waals surface area contributed by atoms with Crippen LogP contribution in [0.4, 0.5) is 8.78 Å². The Hall–Kier alpha value is -1.28. The molecular weight excluding hydrogens is 312 g/mol. The highest BCUT2D eigenvalue weighted by atomic mass is 79.9. The van der Waals surface area contributed by atoms with E-state index in [0.717, 1.165) is 4.57 Å². The Morgan fingerprint density at radius 2 is 2.17 bits per heavy atom. The van der Waals surface area contributed by atoms with Crippen LogP contribution in [0.2, 0.25) is 0 Å². The van der Waals surface area contributed by atoms with Gasteiger partial charge in [0.05, 0.1) is 13.1 Å². The molecular formula is C10H12BrF2N3O2. The van der Waals surface area contributed by atoms with Gasteiger partial charge in [-0.15, -0.1) is 0 Å². The monoisotopic (exact) mass is 323 g/mol. The summed E-state index contributed by atoms with van der Waals surface area (Å²) >= 11 is 3.14. The third kappa shape index (κ3) is 4.53. The number of carbonyl (C=O) groups is 1. The molecule has 0 atom stereocenters. The Morgan fingerprint density at radius 3 is 2.78 bits per heavy atom. The number of rotatable bonds is 5. The molecule has 3 N–H and O–H groups in total. The van der Waals surface area contributed by atoms with Crippen LogP contribution in [0.5, 0.6) is 0 Å². The highest BCUT2D eigenvalue weighted by molar-refractivity contribution is 9.10. The van der Waals surface area contributed by atoms with Crippen molar-refractivity contribution in [2.75, 3.05) is 13.1 Å². The first kappa shape index (κ1) is 14.8. The van der Waals surface area contributed by atoms with Crippen molar-refractivity contribution in [2.24, 2.45) is 5.73 Å². The van der Waals surface area contributed by atoms with Crippen molar-refractivity contribution in [3.63, 3.8) is 0 Å². The number of nitrogens with two attached hydrogens (primary N) is 1. The van der Waals surface area contributed by atoms with E-state index in [4.69, 9.17) is 5.73 Å². The lowest BCUT2D eigenvalue weighted by Crippen LogP contribution is -2.43. The van der Waals surface area contributed by atoms with Gasteiger partial charge >= 0.3 is 0 Å². The second-order valence-electron chi connectivity index (χ2n) is 3.65. The molecule has 0 spiro atoms. The van der Waals surface area contributed by atoms with E-state index in [1.165, 1.54) is 18.3 Å². The molecule has 0 saturated heterocycles. The number of aromatic nitrogens is 1. The minimum absolute atomic E-state index is 0.321. The molecule has 1 rings (SSSR count). The molecule has 8 heteroatoms. The fraction of sp³-hybridized carbons (Fsp3) is 0.400. The molecule has 0 bridgehead atoms. The van der Waals surface area contributed by atoms with Gasteiger partial charge in [0.2, 0.25) is 5.91 Å². The highest BCUT2D eigenvalue weighted by Crippen LogP contribution is 2.08. The number of alkyl halides is 2. The van der Waals surface area contributed by atoms with Crippen LogP contribution < -0.4 is 16.6 Å². The molecule has 100 valence electrons. The van der Waals surface area contributed by atoms with E-state index >= 15 is 0 Å². The second-order valence-corrected chi connectivity index (χ2v) is 4.57. The van der Waals surface area contributed by atoms with Crippen LogP contribution >= 0.6 is 15.9 Å². The van der Waals surface area contributed by atoms with E-state index in [2.05, 4.69) is 15.9 Å². The number of halogens is 3. The van der Waals surface area contributed by atoms with E-state index in [1.54, 1.807) is 0 Å². The normalized spacial score (nSPS) is 11.3. The summed E-state index contributed by atoms with van der Waals surface area (Å²) in [6.45, 7) is -2.01. The number of carbonyl (C=O) groups excluding carboxylic acids is 1. The lowest BCUT2D eigenvalue weighted by molar-refractivity contribution is -0.123. The quantitative estimate of drug-likeness (QED) is 0.819. The number of hydrogen-bond acceptors (Lipinski definition) is 3. The molecule has 1 amide bonds. The molecule has 1 aromatic heterocycles. The van der Waals surface area contributed by atoms with Gasteiger partial charge in [0.15, 0.2) is 0 Å². The summed E-state index contributed by atoms with van der Waals surface area (Å²) in [5, 5.41) is 2.03. The topological polar surface area (TPSA) is 77.1 Å². The van der Waals surface area contributed by atoms with Gasteiger partial charge in [-0.25, -0.2) is 8.78 Å². The molecule has 1 aromatic rings. The van der Waals surface area contributed by atoms with Crippen LogP contribution in [-0.2, 0) is 11.3 Å². The minimum atomic E-state index is -3.14. The highest BCUT2D eigenvalue weighted by Gasteiger charge is 2.27. The Kier molecular flexibility index (Phi) is 4.97. The maximum atomic E-state index is 12.8. The van der Waals surface area contributed by atoms with Gasteiger partial charge in [-0.05, 0) is 22.0 Å². The molecule has 0 aliphatic carbocycles. The van der Waals surface area contributed by atoms with E-state index in [-0.39, 0.29) is 12.1 Å². The van der Waals surface area contributed by atoms with Gasteiger partial charge in [-0.1, -0.05) is 0 Å². The molecule has 0 radical (unpaired) electrons. The van der Waals surface area contributed by atoms with Crippen LogP contribution in [0.15, 0.2) is 27.6 Å². The third-order valence-corrected chi connectivity index (χ3v) is 2.57. The molecule has 0 aliphatic heterocycles. The SMILES string of the molecule is NCC(F)(F)CNC(=O)Cn1cc(Br)ccc1=O. The number of nitrogens with zero attached hydrogens (tertiary/aromatic N) is 1.